The quantitative estimate of drug-likeness (QED) is 0.431. The van der Waals surface area contributed by atoms with Crippen LogP contribution in [0.25, 0.3) is 5.69 Å². The molecule has 1 fully saturated rings. The van der Waals surface area contributed by atoms with Gasteiger partial charge in [-0.2, -0.15) is 5.10 Å². The molecule has 1 saturated heterocycles. The third kappa shape index (κ3) is 5.29. The summed E-state index contributed by atoms with van der Waals surface area (Å²) >= 11 is 1.84. The minimum atomic E-state index is 0.417. The summed E-state index contributed by atoms with van der Waals surface area (Å²) in [6, 6.07) is 15.3. The van der Waals surface area contributed by atoms with Crippen LogP contribution in [0.15, 0.2) is 65.2 Å². The van der Waals surface area contributed by atoms with Crippen molar-refractivity contribution in [3.05, 3.63) is 70.7 Å². The van der Waals surface area contributed by atoms with Gasteiger partial charge in [-0.25, -0.2) is 4.68 Å². The van der Waals surface area contributed by atoms with Gasteiger partial charge in [0.15, 0.2) is 5.96 Å². The lowest BCUT2D eigenvalue weighted by atomic mass is 10.1. The number of guanidine groups is 1. The first-order chi connectivity index (χ1) is 14.8. The fourth-order valence-corrected chi connectivity index (χ4v) is 4.78. The Hall–Kier alpha value is -2.64. The van der Waals surface area contributed by atoms with Crippen molar-refractivity contribution in [1.82, 2.24) is 25.3 Å². The van der Waals surface area contributed by atoms with Crippen LogP contribution in [-0.2, 0) is 6.42 Å². The van der Waals surface area contributed by atoms with Crippen LogP contribution in [0.1, 0.15) is 29.3 Å². The number of thiophene rings is 1. The van der Waals surface area contributed by atoms with Crippen molar-refractivity contribution in [2.75, 3.05) is 33.2 Å². The molecule has 30 heavy (non-hydrogen) atoms. The maximum Gasteiger partial charge on any atom is 0.191 e. The fourth-order valence-electron chi connectivity index (χ4n) is 3.92. The topological polar surface area (TPSA) is 57.5 Å². The number of hydrogen-bond donors (Lipinski definition) is 2. The van der Waals surface area contributed by atoms with E-state index in [-0.39, 0.29) is 0 Å². The molecule has 6 nitrogen and oxygen atoms in total. The van der Waals surface area contributed by atoms with Gasteiger partial charge in [0.2, 0.25) is 0 Å². The van der Waals surface area contributed by atoms with E-state index < -0.39 is 0 Å². The Morgan fingerprint density at radius 3 is 2.63 bits per heavy atom. The molecule has 158 valence electrons. The summed E-state index contributed by atoms with van der Waals surface area (Å²) in [5.74, 6) is 0.865. The van der Waals surface area contributed by atoms with Crippen molar-refractivity contribution in [3.63, 3.8) is 0 Å². The Bertz CT molecular complexity index is 896. The minimum absolute atomic E-state index is 0.417. The molecule has 3 aromatic rings. The van der Waals surface area contributed by atoms with Gasteiger partial charge >= 0.3 is 0 Å². The van der Waals surface area contributed by atoms with Crippen LogP contribution in [0.4, 0.5) is 0 Å². The van der Waals surface area contributed by atoms with Crippen LogP contribution < -0.4 is 10.6 Å². The van der Waals surface area contributed by atoms with E-state index >= 15 is 0 Å². The second-order valence-electron chi connectivity index (χ2n) is 7.52. The molecule has 3 heterocycles. The standard InChI is InChI=1S/C23H30N6S/c1-24-23(26-18-21(22-6-4-17-30-22)28-14-2-3-15-28)25-13-11-19-7-9-20(10-8-19)29-16-5-12-27-29/h4-10,12,16-17,21H,2-3,11,13-15,18H2,1H3,(H2,24,25,26). The number of aromatic nitrogens is 2. The van der Waals surface area contributed by atoms with Gasteiger partial charge < -0.3 is 10.6 Å². The lowest BCUT2D eigenvalue weighted by Gasteiger charge is -2.27. The average Bonchev–Trinajstić information content (AvgIpc) is 3.57. The largest absolute Gasteiger partial charge is 0.356 e. The molecule has 7 heteroatoms. The highest BCUT2D eigenvalue weighted by Gasteiger charge is 2.24. The van der Waals surface area contributed by atoms with Gasteiger partial charge in [0.25, 0.3) is 0 Å². The third-order valence-corrected chi connectivity index (χ3v) is 6.52. The van der Waals surface area contributed by atoms with Crippen LogP contribution >= 0.6 is 11.3 Å². The number of aliphatic imine (C=N–C) groups is 1. The number of nitrogens with one attached hydrogen (secondary N) is 2. The van der Waals surface area contributed by atoms with Crippen LogP contribution in [0, 0.1) is 0 Å². The van der Waals surface area contributed by atoms with E-state index in [1.807, 2.05) is 35.3 Å². The lowest BCUT2D eigenvalue weighted by Crippen LogP contribution is -2.43. The highest BCUT2D eigenvalue weighted by molar-refractivity contribution is 7.10. The molecule has 0 saturated carbocycles. The van der Waals surface area contributed by atoms with E-state index in [0.29, 0.717) is 6.04 Å². The molecule has 1 aliphatic heterocycles. The maximum atomic E-state index is 4.41. The van der Waals surface area contributed by atoms with Crippen molar-refractivity contribution in [3.8, 4) is 5.69 Å². The first-order valence-electron chi connectivity index (χ1n) is 10.6. The molecular formula is C23H30N6S. The zero-order valence-corrected chi connectivity index (χ0v) is 18.3. The molecule has 2 aromatic heterocycles. The van der Waals surface area contributed by atoms with Crippen molar-refractivity contribution >= 4 is 17.3 Å². The van der Waals surface area contributed by atoms with Crippen LogP contribution in [-0.4, -0.2) is 53.9 Å². The molecule has 1 atom stereocenters. The third-order valence-electron chi connectivity index (χ3n) is 5.55. The van der Waals surface area contributed by atoms with E-state index in [1.165, 1.54) is 36.4 Å². The summed E-state index contributed by atoms with van der Waals surface area (Å²) in [4.78, 5) is 8.43. The fraction of sp³-hybridized carbons (Fsp3) is 0.391. The molecule has 0 bridgehead atoms. The highest BCUT2D eigenvalue weighted by Crippen LogP contribution is 2.27. The Morgan fingerprint density at radius 1 is 1.13 bits per heavy atom. The maximum absolute atomic E-state index is 4.41. The number of nitrogens with zero attached hydrogens (tertiary/aromatic N) is 4. The zero-order valence-electron chi connectivity index (χ0n) is 17.5. The van der Waals surface area contributed by atoms with Crippen molar-refractivity contribution in [2.24, 2.45) is 4.99 Å². The summed E-state index contributed by atoms with van der Waals surface area (Å²) < 4.78 is 1.87. The molecule has 0 aliphatic carbocycles. The molecule has 0 amide bonds. The van der Waals surface area contributed by atoms with Gasteiger partial charge in [-0.1, -0.05) is 18.2 Å². The van der Waals surface area contributed by atoms with Gasteiger partial charge in [-0.05, 0) is 67.6 Å². The van der Waals surface area contributed by atoms with Crippen LogP contribution in [0.3, 0.4) is 0 Å². The minimum Gasteiger partial charge on any atom is -0.356 e. The van der Waals surface area contributed by atoms with E-state index in [0.717, 1.165) is 31.2 Å². The van der Waals surface area contributed by atoms with Crippen LogP contribution in [0.2, 0.25) is 0 Å². The van der Waals surface area contributed by atoms with Gasteiger partial charge in [0, 0.05) is 37.4 Å². The molecule has 1 aromatic carbocycles. The van der Waals surface area contributed by atoms with Gasteiger partial charge in [0.05, 0.1) is 11.7 Å². The monoisotopic (exact) mass is 422 g/mol. The Kier molecular flexibility index (Phi) is 7.16. The molecule has 0 spiro atoms. The summed E-state index contributed by atoms with van der Waals surface area (Å²) in [6.45, 7) is 4.09. The van der Waals surface area contributed by atoms with Crippen LogP contribution in [0.5, 0.6) is 0 Å². The molecule has 4 rings (SSSR count). The summed E-state index contributed by atoms with van der Waals surface area (Å²) in [7, 11) is 1.84. The molecule has 1 unspecified atom stereocenters. The van der Waals surface area contributed by atoms with Crippen molar-refractivity contribution in [2.45, 2.75) is 25.3 Å². The SMILES string of the molecule is CN=C(NCCc1ccc(-n2cccn2)cc1)NCC(c1cccs1)N1CCCC1. The number of rotatable bonds is 8. The van der Waals surface area contributed by atoms with Gasteiger partial charge in [0.1, 0.15) is 0 Å². The first-order valence-corrected chi connectivity index (χ1v) is 11.5. The molecule has 1 aliphatic rings. The summed E-state index contributed by atoms with van der Waals surface area (Å²) in [6.07, 6.45) is 7.30. The summed E-state index contributed by atoms with van der Waals surface area (Å²) in [5, 5.41) is 13.4. The van der Waals surface area contributed by atoms with E-state index in [4.69, 9.17) is 0 Å². The van der Waals surface area contributed by atoms with Gasteiger partial charge in [-0.15, -0.1) is 11.3 Å². The first kappa shape index (κ1) is 20.6. The Morgan fingerprint density at radius 2 is 1.97 bits per heavy atom. The normalized spacial score (nSPS) is 16.0. The number of hydrogen-bond acceptors (Lipinski definition) is 4. The number of benzene rings is 1. The lowest BCUT2D eigenvalue weighted by molar-refractivity contribution is 0.249. The number of likely N-dealkylation sites (tertiary alicyclic amines) is 1. The van der Waals surface area contributed by atoms with Crippen molar-refractivity contribution in [1.29, 1.82) is 0 Å². The molecular weight excluding hydrogens is 392 g/mol. The molecule has 2 N–H and O–H groups in total. The van der Waals surface area contributed by atoms with E-state index in [2.05, 4.69) is 67.4 Å². The van der Waals surface area contributed by atoms with Gasteiger partial charge in [-0.3, -0.25) is 9.89 Å². The van der Waals surface area contributed by atoms with E-state index in [9.17, 15) is 0 Å². The van der Waals surface area contributed by atoms with Crippen molar-refractivity contribution < 1.29 is 0 Å². The zero-order chi connectivity index (χ0) is 20.6. The predicted octanol–water partition coefficient (Wildman–Crippen LogP) is 3.48. The molecule has 0 radical (unpaired) electrons. The average molecular weight is 423 g/mol. The second kappa shape index (κ2) is 10.4. The predicted molar refractivity (Wildman–Crippen MR) is 124 cm³/mol. The smallest absolute Gasteiger partial charge is 0.191 e. The summed E-state index contributed by atoms with van der Waals surface area (Å²) in [5.41, 5.74) is 2.37. The highest BCUT2D eigenvalue weighted by atomic mass is 32.1. The van der Waals surface area contributed by atoms with E-state index in [1.54, 1.807) is 6.20 Å². The Labute approximate surface area is 182 Å². The second-order valence-corrected chi connectivity index (χ2v) is 8.50. The Balaban J connectivity index is 1.26.